The van der Waals surface area contributed by atoms with Crippen LogP contribution in [0.5, 0.6) is 0 Å². The minimum atomic E-state index is -0.791. The van der Waals surface area contributed by atoms with E-state index in [1.807, 2.05) is 6.92 Å². The fourth-order valence-corrected chi connectivity index (χ4v) is 4.85. The van der Waals surface area contributed by atoms with Crippen LogP contribution >= 0.6 is 0 Å². The third-order valence-electron chi connectivity index (χ3n) is 6.52. The molecular formula is C22H27N5O4. The highest BCUT2D eigenvalue weighted by Crippen LogP contribution is 2.44. The van der Waals surface area contributed by atoms with E-state index in [4.69, 9.17) is 4.52 Å². The van der Waals surface area contributed by atoms with Gasteiger partial charge in [-0.3, -0.25) is 19.4 Å². The summed E-state index contributed by atoms with van der Waals surface area (Å²) in [5.41, 5.74) is 1.26. The summed E-state index contributed by atoms with van der Waals surface area (Å²) in [7, 11) is 3.44. The summed E-state index contributed by atoms with van der Waals surface area (Å²) in [6, 6.07) is 3.35. The van der Waals surface area contributed by atoms with Gasteiger partial charge in [-0.2, -0.15) is 0 Å². The van der Waals surface area contributed by atoms with Gasteiger partial charge in [0.1, 0.15) is 5.76 Å². The van der Waals surface area contributed by atoms with E-state index >= 15 is 0 Å². The fraction of sp³-hybridized carbons (Fsp3) is 0.500. The molecule has 0 aliphatic carbocycles. The van der Waals surface area contributed by atoms with Crippen molar-refractivity contribution in [1.29, 1.82) is 0 Å². The Morgan fingerprint density at radius 2 is 1.77 bits per heavy atom. The molecule has 2 aromatic rings. The minimum Gasteiger partial charge on any atom is -0.361 e. The lowest BCUT2D eigenvalue weighted by Gasteiger charge is -2.30. The largest absolute Gasteiger partial charge is 0.361 e. The van der Waals surface area contributed by atoms with Gasteiger partial charge in [0, 0.05) is 69.7 Å². The van der Waals surface area contributed by atoms with Gasteiger partial charge in [0.05, 0.1) is 17.5 Å². The smallest absolute Gasteiger partial charge is 0.254 e. The Hall–Kier alpha value is -3.23. The third-order valence-corrected chi connectivity index (χ3v) is 6.52. The summed E-state index contributed by atoms with van der Waals surface area (Å²) in [4.78, 5) is 48.3. The van der Waals surface area contributed by atoms with E-state index in [0.717, 1.165) is 5.56 Å². The fourth-order valence-electron chi connectivity index (χ4n) is 4.85. The van der Waals surface area contributed by atoms with Crippen LogP contribution in [0.1, 0.15) is 27.4 Å². The summed E-state index contributed by atoms with van der Waals surface area (Å²) in [6.45, 7) is 5.10. The lowest BCUT2D eigenvalue weighted by atomic mass is 9.80. The molecule has 9 nitrogen and oxygen atoms in total. The Bertz CT molecular complexity index is 999. The molecule has 2 aliphatic heterocycles. The van der Waals surface area contributed by atoms with Crippen molar-refractivity contribution in [3.63, 3.8) is 0 Å². The van der Waals surface area contributed by atoms with E-state index in [1.165, 1.54) is 0 Å². The van der Waals surface area contributed by atoms with E-state index in [2.05, 4.69) is 10.1 Å². The molecule has 0 bridgehead atoms. The highest BCUT2D eigenvalue weighted by Gasteiger charge is 2.59. The Labute approximate surface area is 181 Å². The van der Waals surface area contributed by atoms with Crippen LogP contribution in [-0.4, -0.2) is 82.8 Å². The average molecular weight is 425 g/mol. The molecule has 0 aromatic carbocycles. The third kappa shape index (κ3) is 3.58. The van der Waals surface area contributed by atoms with Gasteiger partial charge < -0.3 is 19.2 Å². The molecule has 164 valence electrons. The normalized spacial score (nSPS) is 22.5. The molecule has 4 heterocycles. The van der Waals surface area contributed by atoms with Crippen LogP contribution in [0, 0.1) is 25.2 Å². The maximum Gasteiger partial charge on any atom is 0.254 e. The second kappa shape index (κ2) is 7.79. The predicted octanol–water partition coefficient (Wildman–Crippen LogP) is 0.918. The second-order valence-corrected chi connectivity index (χ2v) is 8.73. The molecule has 31 heavy (non-hydrogen) atoms. The first kappa shape index (κ1) is 21.0. The average Bonchev–Trinajstić information content (AvgIpc) is 3.39. The van der Waals surface area contributed by atoms with Crippen LogP contribution < -0.4 is 0 Å². The molecule has 9 heteroatoms. The Morgan fingerprint density at radius 1 is 1.13 bits per heavy atom. The van der Waals surface area contributed by atoms with Gasteiger partial charge in [0.2, 0.25) is 11.8 Å². The van der Waals surface area contributed by atoms with E-state index in [-0.39, 0.29) is 30.1 Å². The first-order valence-corrected chi connectivity index (χ1v) is 10.3. The molecule has 0 saturated carbocycles. The zero-order valence-corrected chi connectivity index (χ0v) is 18.3. The van der Waals surface area contributed by atoms with E-state index in [0.29, 0.717) is 43.2 Å². The highest BCUT2D eigenvalue weighted by molar-refractivity contribution is 5.96. The molecule has 0 spiro atoms. The molecule has 2 saturated heterocycles. The Morgan fingerprint density at radius 3 is 2.39 bits per heavy atom. The summed E-state index contributed by atoms with van der Waals surface area (Å²) in [6.07, 6.45) is 3.36. The van der Waals surface area contributed by atoms with Crippen LogP contribution in [0.25, 0.3) is 0 Å². The Kier molecular flexibility index (Phi) is 5.28. The van der Waals surface area contributed by atoms with E-state index in [9.17, 15) is 14.4 Å². The van der Waals surface area contributed by atoms with E-state index < -0.39 is 5.41 Å². The van der Waals surface area contributed by atoms with Gasteiger partial charge in [0.25, 0.3) is 5.91 Å². The van der Waals surface area contributed by atoms with Crippen LogP contribution in [0.2, 0.25) is 0 Å². The minimum absolute atomic E-state index is 0.0461. The lowest BCUT2D eigenvalue weighted by molar-refractivity contribution is -0.140. The molecule has 0 N–H and O–H groups in total. The quantitative estimate of drug-likeness (QED) is 0.722. The lowest BCUT2D eigenvalue weighted by Crippen LogP contribution is -2.48. The van der Waals surface area contributed by atoms with Crippen molar-refractivity contribution in [2.75, 3.05) is 40.3 Å². The highest BCUT2D eigenvalue weighted by atomic mass is 16.5. The standard InChI is InChI=1S/C22H27N5O4/c1-14-18(15(2)31-24-14)9-19(28)26-10-17-11-27(20(29)16-5-7-23-8-6-16)13-22(17,12-26)21(30)25(3)4/h5-8,17H,9-13H2,1-4H3/t17-,22-/m1/s1. The molecule has 0 unspecified atom stereocenters. The van der Waals surface area contributed by atoms with Crippen LogP contribution in [0.4, 0.5) is 0 Å². The molecule has 2 fully saturated rings. The molecular weight excluding hydrogens is 398 g/mol. The Balaban J connectivity index is 1.55. The van der Waals surface area contributed by atoms with Gasteiger partial charge in [0.15, 0.2) is 0 Å². The monoisotopic (exact) mass is 425 g/mol. The van der Waals surface area contributed by atoms with Crippen molar-refractivity contribution >= 4 is 17.7 Å². The van der Waals surface area contributed by atoms with Crippen molar-refractivity contribution in [2.24, 2.45) is 11.3 Å². The molecule has 0 radical (unpaired) electrons. The summed E-state index contributed by atoms with van der Waals surface area (Å²) in [5.74, 6) is 0.313. The van der Waals surface area contributed by atoms with Crippen molar-refractivity contribution in [3.8, 4) is 0 Å². The van der Waals surface area contributed by atoms with Crippen molar-refractivity contribution in [3.05, 3.63) is 47.1 Å². The number of amides is 3. The second-order valence-electron chi connectivity index (χ2n) is 8.73. The first-order chi connectivity index (χ1) is 14.7. The molecule has 4 rings (SSSR count). The van der Waals surface area contributed by atoms with E-state index in [1.54, 1.807) is 60.2 Å². The number of carbonyl (C=O) groups is 3. The van der Waals surface area contributed by atoms with Gasteiger partial charge >= 0.3 is 0 Å². The van der Waals surface area contributed by atoms with Crippen LogP contribution in [0.3, 0.4) is 0 Å². The molecule has 2 aromatic heterocycles. The number of hydrogen-bond donors (Lipinski definition) is 0. The number of likely N-dealkylation sites (tertiary alicyclic amines) is 2. The maximum absolute atomic E-state index is 13.3. The zero-order valence-electron chi connectivity index (χ0n) is 18.3. The molecule has 2 atom stereocenters. The van der Waals surface area contributed by atoms with Gasteiger partial charge in [-0.1, -0.05) is 5.16 Å². The number of pyridine rings is 1. The number of fused-ring (bicyclic) bond motifs is 1. The van der Waals surface area contributed by atoms with Gasteiger partial charge in [-0.05, 0) is 26.0 Å². The summed E-state index contributed by atoms with van der Waals surface area (Å²) < 4.78 is 5.18. The van der Waals surface area contributed by atoms with Gasteiger partial charge in [-0.25, -0.2) is 0 Å². The maximum atomic E-state index is 13.3. The zero-order chi connectivity index (χ0) is 22.3. The number of aromatic nitrogens is 2. The SMILES string of the molecule is Cc1noc(C)c1CC(=O)N1C[C@@H]2CN(C(=O)c3ccncc3)C[C@]2(C(=O)N(C)C)C1. The summed E-state index contributed by atoms with van der Waals surface area (Å²) in [5, 5.41) is 3.92. The van der Waals surface area contributed by atoms with Gasteiger partial charge in [-0.15, -0.1) is 0 Å². The van der Waals surface area contributed by atoms with Crippen molar-refractivity contribution < 1.29 is 18.9 Å². The number of hydrogen-bond acceptors (Lipinski definition) is 6. The van der Waals surface area contributed by atoms with Crippen molar-refractivity contribution in [2.45, 2.75) is 20.3 Å². The number of aryl methyl sites for hydroxylation is 2. The van der Waals surface area contributed by atoms with Crippen LogP contribution in [0.15, 0.2) is 29.0 Å². The number of nitrogens with zero attached hydrogens (tertiary/aromatic N) is 5. The summed E-state index contributed by atoms with van der Waals surface area (Å²) >= 11 is 0. The van der Waals surface area contributed by atoms with Crippen molar-refractivity contribution in [1.82, 2.24) is 24.8 Å². The number of rotatable bonds is 4. The first-order valence-electron chi connectivity index (χ1n) is 10.3. The van der Waals surface area contributed by atoms with Crippen LogP contribution in [-0.2, 0) is 16.0 Å². The molecule has 3 amide bonds. The predicted molar refractivity (Wildman–Crippen MR) is 111 cm³/mol. The topological polar surface area (TPSA) is 99.9 Å². The number of carbonyl (C=O) groups excluding carboxylic acids is 3. The molecule has 2 aliphatic rings.